The summed E-state index contributed by atoms with van der Waals surface area (Å²) < 4.78 is 0. The highest BCUT2D eigenvalue weighted by Gasteiger charge is 2.17. The third-order valence-corrected chi connectivity index (χ3v) is 3.75. The van der Waals surface area contributed by atoms with Crippen molar-refractivity contribution in [3.05, 3.63) is 65.2 Å². The summed E-state index contributed by atoms with van der Waals surface area (Å²) in [7, 11) is 0. The lowest BCUT2D eigenvalue weighted by Crippen LogP contribution is -2.15. The number of anilines is 1. The molecule has 0 bridgehead atoms. The quantitative estimate of drug-likeness (QED) is 0.852. The van der Waals surface area contributed by atoms with E-state index in [4.69, 9.17) is 0 Å². The molecule has 1 aliphatic heterocycles. The molecule has 3 rings (SSSR count). The first-order chi connectivity index (χ1) is 9.33. The van der Waals surface area contributed by atoms with Gasteiger partial charge in [-0.25, -0.2) is 0 Å². The van der Waals surface area contributed by atoms with E-state index in [1.54, 1.807) is 0 Å². The zero-order valence-electron chi connectivity index (χ0n) is 11.3. The molecule has 0 fully saturated rings. The van der Waals surface area contributed by atoms with Crippen LogP contribution in [-0.4, -0.2) is 6.54 Å². The first-order valence-electron chi connectivity index (χ1n) is 6.94. The molecule has 1 atom stereocenters. The molecule has 1 aliphatic rings. The Labute approximate surface area is 114 Å². The molecule has 2 nitrogen and oxygen atoms in total. The highest BCUT2D eigenvalue weighted by Crippen LogP contribution is 2.27. The van der Waals surface area contributed by atoms with Crippen LogP contribution in [0.3, 0.4) is 0 Å². The molecule has 0 aromatic heterocycles. The van der Waals surface area contributed by atoms with Crippen molar-refractivity contribution in [3.63, 3.8) is 0 Å². The molecule has 2 heteroatoms. The van der Waals surface area contributed by atoms with Crippen LogP contribution in [-0.2, 0) is 6.54 Å². The van der Waals surface area contributed by atoms with Gasteiger partial charge in [0.05, 0.1) is 6.04 Å². The topological polar surface area (TPSA) is 24.1 Å². The van der Waals surface area contributed by atoms with Crippen LogP contribution in [0.5, 0.6) is 0 Å². The molecular weight excluding hydrogens is 232 g/mol. The van der Waals surface area contributed by atoms with Crippen LogP contribution in [0.1, 0.15) is 29.2 Å². The summed E-state index contributed by atoms with van der Waals surface area (Å²) in [6, 6.07) is 17.8. The normalized spacial score (nSPS) is 18.5. The molecule has 0 saturated heterocycles. The van der Waals surface area contributed by atoms with Crippen molar-refractivity contribution >= 4 is 5.69 Å². The highest BCUT2D eigenvalue weighted by molar-refractivity contribution is 5.48. The maximum Gasteiger partial charge on any atom is 0.0529 e. The zero-order chi connectivity index (χ0) is 13.1. The van der Waals surface area contributed by atoms with E-state index in [1.807, 2.05) is 0 Å². The summed E-state index contributed by atoms with van der Waals surface area (Å²) in [5.74, 6) is 0. The van der Waals surface area contributed by atoms with Crippen molar-refractivity contribution in [1.82, 2.24) is 5.32 Å². The maximum atomic E-state index is 3.66. The summed E-state index contributed by atoms with van der Waals surface area (Å²) >= 11 is 0. The Morgan fingerprint density at radius 2 is 1.84 bits per heavy atom. The second-order valence-electron chi connectivity index (χ2n) is 5.23. The Kier molecular flexibility index (Phi) is 3.51. The molecule has 1 unspecified atom stereocenters. The Morgan fingerprint density at radius 3 is 2.68 bits per heavy atom. The van der Waals surface area contributed by atoms with Crippen LogP contribution in [0, 0.1) is 6.92 Å². The Balaban J connectivity index is 1.86. The van der Waals surface area contributed by atoms with E-state index in [1.165, 1.54) is 22.4 Å². The molecule has 2 aromatic carbocycles. The summed E-state index contributed by atoms with van der Waals surface area (Å²) in [5, 5.41) is 7.15. The van der Waals surface area contributed by atoms with Gasteiger partial charge < -0.3 is 10.6 Å². The summed E-state index contributed by atoms with van der Waals surface area (Å²) in [6.45, 7) is 4.15. The molecule has 19 heavy (non-hydrogen) atoms. The van der Waals surface area contributed by atoms with Crippen molar-refractivity contribution in [2.45, 2.75) is 25.9 Å². The largest absolute Gasteiger partial charge is 0.378 e. The molecule has 0 radical (unpaired) electrons. The fourth-order valence-electron chi connectivity index (χ4n) is 2.66. The Hall–Kier alpha value is -1.80. The molecule has 2 N–H and O–H groups in total. The summed E-state index contributed by atoms with van der Waals surface area (Å²) in [5.41, 5.74) is 5.33. The lowest BCUT2D eigenvalue weighted by molar-refractivity contribution is 0.637. The number of hydrogen-bond acceptors (Lipinski definition) is 2. The minimum Gasteiger partial charge on any atom is -0.378 e. The van der Waals surface area contributed by atoms with Crippen molar-refractivity contribution in [2.75, 3.05) is 11.9 Å². The van der Waals surface area contributed by atoms with E-state index in [-0.39, 0.29) is 0 Å². The van der Waals surface area contributed by atoms with Gasteiger partial charge in [-0.2, -0.15) is 0 Å². The number of hydrogen-bond donors (Lipinski definition) is 2. The van der Waals surface area contributed by atoms with Gasteiger partial charge in [-0.15, -0.1) is 0 Å². The van der Waals surface area contributed by atoms with E-state index in [9.17, 15) is 0 Å². The number of aryl methyl sites for hydroxylation is 1. The average molecular weight is 252 g/mol. The maximum absolute atomic E-state index is 3.66. The smallest absolute Gasteiger partial charge is 0.0529 e. The Morgan fingerprint density at radius 1 is 1.05 bits per heavy atom. The first-order valence-corrected chi connectivity index (χ1v) is 6.94. The van der Waals surface area contributed by atoms with E-state index < -0.39 is 0 Å². The first kappa shape index (κ1) is 12.2. The van der Waals surface area contributed by atoms with Crippen molar-refractivity contribution in [3.8, 4) is 0 Å². The van der Waals surface area contributed by atoms with Gasteiger partial charge >= 0.3 is 0 Å². The van der Waals surface area contributed by atoms with Crippen molar-refractivity contribution in [1.29, 1.82) is 0 Å². The molecule has 0 saturated carbocycles. The fourth-order valence-corrected chi connectivity index (χ4v) is 2.66. The number of fused-ring (bicyclic) bond motifs is 1. The summed E-state index contributed by atoms with van der Waals surface area (Å²) in [6.07, 6.45) is 1.12. The Bertz CT molecular complexity index is 545. The molecular formula is C17H20N2. The zero-order valence-corrected chi connectivity index (χ0v) is 11.3. The lowest BCUT2D eigenvalue weighted by atomic mass is 9.99. The minimum atomic E-state index is 0.397. The van der Waals surface area contributed by atoms with Crippen LogP contribution in [0.25, 0.3) is 0 Å². The second-order valence-corrected chi connectivity index (χ2v) is 5.23. The molecule has 0 aliphatic carbocycles. The highest BCUT2D eigenvalue weighted by atomic mass is 14.9. The molecule has 2 aromatic rings. The lowest BCUT2D eigenvalue weighted by Gasteiger charge is -2.20. The van der Waals surface area contributed by atoms with Gasteiger partial charge in [0.25, 0.3) is 0 Å². The molecule has 1 heterocycles. The van der Waals surface area contributed by atoms with Gasteiger partial charge in [-0.1, -0.05) is 42.0 Å². The fraction of sp³-hybridized carbons (Fsp3) is 0.294. The van der Waals surface area contributed by atoms with Gasteiger partial charge in [-0.3, -0.25) is 0 Å². The third-order valence-electron chi connectivity index (χ3n) is 3.75. The van der Waals surface area contributed by atoms with Gasteiger partial charge in [0.2, 0.25) is 0 Å². The molecule has 0 amide bonds. The van der Waals surface area contributed by atoms with E-state index >= 15 is 0 Å². The van der Waals surface area contributed by atoms with Crippen LogP contribution < -0.4 is 10.6 Å². The van der Waals surface area contributed by atoms with Crippen LogP contribution in [0.4, 0.5) is 5.69 Å². The monoisotopic (exact) mass is 252 g/mol. The average Bonchev–Trinajstić information content (AvgIpc) is 2.64. The summed E-state index contributed by atoms with van der Waals surface area (Å²) in [4.78, 5) is 0. The molecule has 98 valence electrons. The van der Waals surface area contributed by atoms with Gasteiger partial charge in [0.1, 0.15) is 0 Å². The van der Waals surface area contributed by atoms with Crippen LogP contribution >= 0.6 is 0 Å². The van der Waals surface area contributed by atoms with E-state index in [0.717, 1.165) is 19.5 Å². The van der Waals surface area contributed by atoms with Crippen LogP contribution in [0.2, 0.25) is 0 Å². The van der Waals surface area contributed by atoms with Gasteiger partial charge in [-0.05, 0) is 43.1 Å². The third kappa shape index (κ3) is 2.79. The number of nitrogens with one attached hydrogen (secondary N) is 2. The molecule has 0 spiro atoms. The minimum absolute atomic E-state index is 0.397. The van der Waals surface area contributed by atoms with Gasteiger partial charge in [0.15, 0.2) is 0 Å². The van der Waals surface area contributed by atoms with Gasteiger partial charge in [0, 0.05) is 12.2 Å². The predicted octanol–water partition coefficient (Wildman–Crippen LogP) is 3.64. The second kappa shape index (κ2) is 5.45. The number of benzene rings is 2. The number of rotatable bonds is 2. The van der Waals surface area contributed by atoms with E-state index in [2.05, 4.69) is 66.1 Å². The predicted molar refractivity (Wildman–Crippen MR) is 80.3 cm³/mol. The van der Waals surface area contributed by atoms with Crippen LogP contribution in [0.15, 0.2) is 48.5 Å². The van der Waals surface area contributed by atoms with Crippen molar-refractivity contribution in [2.24, 2.45) is 0 Å². The van der Waals surface area contributed by atoms with E-state index in [0.29, 0.717) is 6.04 Å². The van der Waals surface area contributed by atoms with Crippen molar-refractivity contribution < 1.29 is 0 Å². The SMILES string of the molecule is Cc1ccc(NC2CCNCc3ccccc32)cc1. The standard InChI is InChI=1S/C17H20N2/c1-13-6-8-15(9-7-13)19-17-10-11-18-12-14-4-2-3-5-16(14)17/h2-9,17-19H,10-12H2,1H3.